The first-order chi connectivity index (χ1) is 7.09. The van der Waals surface area contributed by atoms with Crippen LogP contribution in [0.25, 0.3) is 0 Å². The molecule has 0 aromatic carbocycles. The number of rotatable bonds is 1. The molecule has 0 aromatic heterocycles. The van der Waals surface area contributed by atoms with Gasteiger partial charge in [-0.3, -0.25) is 4.90 Å². The van der Waals surface area contributed by atoms with Crippen molar-refractivity contribution < 1.29 is 0 Å². The summed E-state index contributed by atoms with van der Waals surface area (Å²) < 4.78 is 0. The number of hydrogen-bond acceptors (Lipinski definition) is 2. The van der Waals surface area contributed by atoms with E-state index in [0.29, 0.717) is 5.41 Å². The first-order valence-electron chi connectivity index (χ1n) is 6.55. The Labute approximate surface area is 94.4 Å². The minimum Gasteiger partial charge on any atom is -0.317 e. The van der Waals surface area contributed by atoms with Crippen molar-refractivity contribution in [3.63, 3.8) is 0 Å². The first-order valence-corrected chi connectivity index (χ1v) is 6.55. The van der Waals surface area contributed by atoms with Crippen LogP contribution in [0.3, 0.4) is 0 Å². The van der Waals surface area contributed by atoms with Crippen LogP contribution in [0, 0.1) is 5.41 Å². The first kappa shape index (κ1) is 11.4. The van der Waals surface area contributed by atoms with Crippen LogP contribution in [0.2, 0.25) is 0 Å². The number of nitrogens with zero attached hydrogens (tertiary/aromatic N) is 1. The predicted octanol–water partition coefficient (Wildman–Crippen LogP) is 2.25. The lowest BCUT2D eigenvalue weighted by molar-refractivity contribution is 0.0804. The van der Waals surface area contributed by atoms with Gasteiger partial charge < -0.3 is 5.32 Å². The summed E-state index contributed by atoms with van der Waals surface area (Å²) in [6.07, 6.45) is 5.53. The zero-order valence-corrected chi connectivity index (χ0v) is 10.6. The second-order valence-electron chi connectivity index (χ2n) is 6.24. The smallest absolute Gasteiger partial charge is 0.0147 e. The second-order valence-corrected chi connectivity index (χ2v) is 6.24. The molecule has 2 aliphatic rings. The Morgan fingerprint density at radius 2 is 1.73 bits per heavy atom. The Balaban J connectivity index is 2.00. The van der Waals surface area contributed by atoms with Crippen LogP contribution in [0.15, 0.2) is 0 Å². The minimum absolute atomic E-state index is 0.460. The highest BCUT2D eigenvalue weighted by atomic mass is 15.2. The van der Waals surface area contributed by atoms with Crippen LogP contribution >= 0.6 is 0 Å². The number of piperidine rings is 1. The average molecular weight is 210 g/mol. The molecule has 0 saturated carbocycles. The van der Waals surface area contributed by atoms with Gasteiger partial charge in [0, 0.05) is 12.1 Å². The van der Waals surface area contributed by atoms with E-state index in [-0.39, 0.29) is 0 Å². The molecule has 2 heterocycles. The normalized spacial score (nSPS) is 31.0. The fourth-order valence-corrected chi connectivity index (χ4v) is 3.29. The van der Waals surface area contributed by atoms with Gasteiger partial charge >= 0.3 is 0 Å². The van der Waals surface area contributed by atoms with E-state index in [2.05, 4.69) is 31.0 Å². The molecule has 0 radical (unpaired) electrons. The summed E-state index contributed by atoms with van der Waals surface area (Å²) in [5.41, 5.74) is 0.460. The van der Waals surface area contributed by atoms with Crippen LogP contribution in [0.1, 0.15) is 46.5 Å². The van der Waals surface area contributed by atoms with E-state index in [0.717, 1.165) is 12.1 Å². The van der Waals surface area contributed by atoms with E-state index < -0.39 is 0 Å². The van der Waals surface area contributed by atoms with Crippen molar-refractivity contribution in [2.75, 3.05) is 19.6 Å². The van der Waals surface area contributed by atoms with Gasteiger partial charge in [-0.25, -0.2) is 0 Å². The van der Waals surface area contributed by atoms with Gasteiger partial charge in [0.05, 0.1) is 0 Å². The highest BCUT2D eigenvalue weighted by molar-refractivity contribution is 4.92. The molecule has 1 atom stereocenters. The molecule has 0 aliphatic carbocycles. The fraction of sp³-hybridized carbons (Fsp3) is 1.00. The van der Waals surface area contributed by atoms with Crippen LogP contribution in [0.5, 0.6) is 0 Å². The van der Waals surface area contributed by atoms with Crippen molar-refractivity contribution in [1.29, 1.82) is 0 Å². The minimum atomic E-state index is 0.460. The maximum absolute atomic E-state index is 3.47. The molecular weight excluding hydrogens is 184 g/mol. The molecule has 0 unspecified atom stereocenters. The van der Waals surface area contributed by atoms with Crippen LogP contribution in [-0.2, 0) is 0 Å². The van der Waals surface area contributed by atoms with Gasteiger partial charge in [-0.1, -0.05) is 20.8 Å². The van der Waals surface area contributed by atoms with Crippen molar-refractivity contribution in [3.8, 4) is 0 Å². The molecule has 0 amide bonds. The zero-order valence-electron chi connectivity index (χ0n) is 10.6. The summed E-state index contributed by atoms with van der Waals surface area (Å²) >= 11 is 0. The van der Waals surface area contributed by atoms with Gasteiger partial charge in [0.25, 0.3) is 0 Å². The predicted molar refractivity (Wildman–Crippen MR) is 65.1 cm³/mol. The quantitative estimate of drug-likeness (QED) is 0.714. The molecule has 88 valence electrons. The van der Waals surface area contributed by atoms with Gasteiger partial charge in [-0.15, -0.1) is 0 Å². The monoisotopic (exact) mass is 210 g/mol. The van der Waals surface area contributed by atoms with E-state index in [9.17, 15) is 0 Å². The molecule has 15 heavy (non-hydrogen) atoms. The molecule has 0 aromatic rings. The summed E-state index contributed by atoms with van der Waals surface area (Å²) in [7, 11) is 0. The Hall–Kier alpha value is -0.0800. The maximum Gasteiger partial charge on any atom is 0.0147 e. The van der Waals surface area contributed by atoms with E-state index in [1.807, 2.05) is 0 Å². The van der Waals surface area contributed by atoms with E-state index in [1.165, 1.54) is 45.3 Å². The Kier molecular flexibility index (Phi) is 3.36. The molecule has 2 saturated heterocycles. The van der Waals surface area contributed by atoms with Crippen LogP contribution in [-0.4, -0.2) is 36.6 Å². The van der Waals surface area contributed by atoms with E-state index in [1.54, 1.807) is 0 Å². The molecule has 2 fully saturated rings. The molecule has 2 heteroatoms. The van der Waals surface area contributed by atoms with Gasteiger partial charge in [0.2, 0.25) is 0 Å². The number of hydrogen-bond donors (Lipinski definition) is 1. The van der Waals surface area contributed by atoms with Crippen LogP contribution in [0.4, 0.5) is 0 Å². The summed E-state index contributed by atoms with van der Waals surface area (Å²) in [6, 6.07) is 1.68. The van der Waals surface area contributed by atoms with E-state index >= 15 is 0 Å². The Morgan fingerprint density at radius 3 is 2.33 bits per heavy atom. The third-order valence-corrected chi connectivity index (χ3v) is 4.07. The van der Waals surface area contributed by atoms with Gasteiger partial charge in [-0.05, 0) is 50.7 Å². The highest BCUT2D eigenvalue weighted by Gasteiger charge is 2.37. The van der Waals surface area contributed by atoms with Gasteiger partial charge in [0.15, 0.2) is 0 Å². The third kappa shape index (κ3) is 2.54. The van der Waals surface area contributed by atoms with Crippen molar-refractivity contribution in [2.45, 2.75) is 58.5 Å². The molecule has 2 nitrogen and oxygen atoms in total. The second kappa shape index (κ2) is 4.42. The number of likely N-dealkylation sites (tertiary alicyclic amines) is 1. The molecular formula is C13H26N2. The van der Waals surface area contributed by atoms with E-state index in [4.69, 9.17) is 0 Å². The largest absolute Gasteiger partial charge is 0.317 e. The molecule has 2 rings (SSSR count). The SMILES string of the molecule is CC(C)(C)[C@@H]1CCCN1C1CCNCC1. The molecule has 2 aliphatic heterocycles. The van der Waals surface area contributed by atoms with Crippen molar-refractivity contribution >= 4 is 0 Å². The highest BCUT2D eigenvalue weighted by Crippen LogP contribution is 2.35. The van der Waals surface area contributed by atoms with Gasteiger partial charge in [0.1, 0.15) is 0 Å². The lowest BCUT2D eigenvalue weighted by Crippen LogP contribution is -2.49. The standard InChI is InChI=1S/C13H26N2/c1-13(2,3)12-5-4-10-15(12)11-6-8-14-9-7-11/h11-12,14H,4-10H2,1-3H3/t12-/m0/s1. The zero-order chi connectivity index (χ0) is 10.9. The topological polar surface area (TPSA) is 15.3 Å². The lowest BCUT2D eigenvalue weighted by Gasteiger charge is -2.41. The lowest BCUT2D eigenvalue weighted by atomic mass is 9.84. The molecule has 1 N–H and O–H groups in total. The molecule has 0 bridgehead atoms. The fourth-order valence-electron chi connectivity index (χ4n) is 3.29. The molecule has 0 spiro atoms. The Bertz CT molecular complexity index is 201. The Morgan fingerprint density at radius 1 is 1.07 bits per heavy atom. The van der Waals surface area contributed by atoms with Crippen molar-refractivity contribution in [3.05, 3.63) is 0 Å². The van der Waals surface area contributed by atoms with Crippen molar-refractivity contribution in [1.82, 2.24) is 10.2 Å². The summed E-state index contributed by atoms with van der Waals surface area (Å²) in [5.74, 6) is 0. The van der Waals surface area contributed by atoms with Crippen molar-refractivity contribution in [2.24, 2.45) is 5.41 Å². The summed E-state index contributed by atoms with van der Waals surface area (Å²) in [5, 5.41) is 3.47. The summed E-state index contributed by atoms with van der Waals surface area (Å²) in [4.78, 5) is 2.81. The average Bonchev–Trinajstić information content (AvgIpc) is 2.67. The van der Waals surface area contributed by atoms with Crippen LogP contribution < -0.4 is 5.32 Å². The maximum atomic E-state index is 3.47. The third-order valence-electron chi connectivity index (χ3n) is 4.07. The number of nitrogens with one attached hydrogen (secondary N) is 1. The summed E-state index contributed by atoms with van der Waals surface area (Å²) in [6.45, 7) is 11.0. The van der Waals surface area contributed by atoms with Gasteiger partial charge in [-0.2, -0.15) is 0 Å².